The first kappa shape index (κ1) is 14.0. The molecule has 102 valence electrons. The van der Waals surface area contributed by atoms with Crippen molar-refractivity contribution in [3.05, 3.63) is 34.1 Å². The number of hydrogen-bond acceptors (Lipinski definition) is 3. The molecule has 2 rings (SSSR count). The van der Waals surface area contributed by atoms with Crippen LogP contribution in [0.1, 0.15) is 10.4 Å². The van der Waals surface area contributed by atoms with Gasteiger partial charge >= 0.3 is 5.97 Å². The van der Waals surface area contributed by atoms with E-state index in [0.717, 1.165) is 4.90 Å². The molecule has 1 saturated heterocycles. The lowest BCUT2D eigenvalue weighted by molar-refractivity contribution is -0.147. The van der Waals surface area contributed by atoms with Crippen molar-refractivity contribution in [1.29, 1.82) is 0 Å². The Hall–Kier alpha value is -1.47. The fourth-order valence-electron chi connectivity index (χ4n) is 1.87. The normalized spacial score (nSPS) is 19.3. The van der Waals surface area contributed by atoms with Gasteiger partial charge in [-0.2, -0.15) is 0 Å². The number of amides is 1. The average Bonchev–Trinajstić information content (AvgIpc) is 2.38. The molecule has 0 radical (unpaired) electrons. The zero-order valence-electron chi connectivity index (χ0n) is 9.81. The fourth-order valence-corrected chi connectivity index (χ4v) is 2.20. The van der Waals surface area contributed by atoms with Crippen LogP contribution in [0.3, 0.4) is 0 Å². The van der Waals surface area contributed by atoms with Crippen molar-refractivity contribution in [3.63, 3.8) is 0 Å². The summed E-state index contributed by atoms with van der Waals surface area (Å²) in [5.41, 5.74) is -0.142. The Morgan fingerprint density at radius 1 is 1.47 bits per heavy atom. The van der Waals surface area contributed by atoms with Gasteiger partial charge in [-0.25, -0.2) is 9.18 Å². The zero-order valence-corrected chi connectivity index (χ0v) is 11.4. The van der Waals surface area contributed by atoms with Gasteiger partial charge in [-0.05, 0) is 18.2 Å². The first-order valence-corrected chi connectivity index (χ1v) is 6.36. The second kappa shape index (κ2) is 5.66. The van der Waals surface area contributed by atoms with E-state index in [0.29, 0.717) is 4.47 Å². The SMILES string of the molecule is O=C(O)C1COCCN1C(=O)c1ccc(Br)cc1F. The van der Waals surface area contributed by atoms with Gasteiger partial charge in [0.15, 0.2) is 6.04 Å². The largest absolute Gasteiger partial charge is 0.480 e. The number of benzene rings is 1. The highest BCUT2D eigenvalue weighted by Gasteiger charge is 2.34. The van der Waals surface area contributed by atoms with E-state index in [1.807, 2.05) is 0 Å². The van der Waals surface area contributed by atoms with Crippen LogP contribution in [0.2, 0.25) is 0 Å². The van der Waals surface area contributed by atoms with E-state index < -0.39 is 23.7 Å². The summed E-state index contributed by atoms with van der Waals surface area (Å²) in [4.78, 5) is 24.4. The molecule has 1 fully saturated rings. The summed E-state index contributed by atoms with van der Waals surface area (Å²) in [6, 6.07) is 2.95. The molecule has 0 bridgehead atoms. The molecule has 1 atom stereocenters. The summed E-state index contributed by atoms with van der Waals surface area (Å²) in [6.45, 7) is 0.290. The topological polar surface area (TPSA) is 66.8 Å². The van der Waals surface area contributed by atoms with Gasteiger partial charge in [-0.15, -0.1) is 0 Å². The summed E-state index contributed by atoms with van der Waals surface area (Å²) in [5.74, 6) is -2.48. The van der Waals surface area contributed by atoms with Crippen molar-refractivity contribution in [2.24, 2.45) is 0 Å². The summed E-state index contributed by atoms with van der Waals surface area (Å²) >= 11 is 3.10. The Bertz CT molecular complexity index is 522. The number of hydrogen-bond donors (Lipinski definition) is 1. The number of morpholine rings is 1. The van der Waals surface area contributed by atoms with E-state index in [1.165, 1.54) is 18.2 Å². The minimum Gasteiger partial charge on any atom is -0.480 e. The van der Waals surface area contributed by atoms with Crippen LogP contribution in [0, 0.1) is 5.82 Å². The first-order chi connectivity index (χ1) is 9.00. The number of aliphatic carboxylic acids is 1. The molecule has 1 N–H and O–H groups in total. The maximum atomic E-state index is 13.7. The molecule has 0 saturated carbocycles. The third-order valence-corrected chi connectivity index (χ3v) is 3.33. The van der Waals surface area contributed by atoms with E-state index in [1.54, 1.807) is 0 Å². The molecule has 7 heteroatoms. The second-order valence-electron chi connectivity index (χ2n) is 4.05. The molecular formula is C12H11BrFNO4. The smallest absolute Gasteiger partial charge is 0.328 e. The summed E-state index contributed by atoms with van der Waals surface area (Å²) in [7, 11) is 0. The van der Waals surface area contributed by atoms with Gasteiger partial charge < -0.3 is 14.7 Å². The van der Waals surface area contributed by atoms with Gasteiger partial charge in [0.25, 0.3) is 5.91 Å². The summed E-state index contributed by atoms with van der Waals surface area (Å²) in [6.07, 6.45) is 0. The zero-order chi connectivity index (χ0) is 14.0. The molecule has 0 aromatic heterocycles. The molecule has 1 aliphatic rings. The van der Waals surface area contributed by atoms with E-state index in [9.17, 15) is 14.0 Å². The van der Waals surface area contributed by atoms with E-state index >= 15 is 0 Å². The number of ether oxygens (including phenoxy) is 1. The number of carboxylic acid groups (broad SMARTS) is 1. The molecule has 1 aliphatic heterocycles. The number of nitrogens with zero attached hydrogens (tertiary/aromatic N) is 1. The van der Waals surface area contributed by atoms with Crippen molar-refractivity contribution in [2.75, 3.05) is 19.8 Å². The molecule has 1 aromatic carbocycles. The highest BCUT2D eigenvalue weighted by molar-refractivity contribution is 9.10. The lowest BCUT2D eigenvalue weighted by atomic mass is 10.1. The van der Waals surface area contributed by atoms with Crippen LogP contribution in [-0.4, -0.2) is 47.7 Å². The van der Waals surface area contributed by atoms with Gasteiger partial charge in [0.2, 0.25) is 0 Å². The molecular weight excluding hydrogens is 321 g/mol. The van der Waals surface area contributed by atoms with Crippen molar-refractivity contribution < 1.29 is 23.8 Å². The molecule has 0 aliphatic carbocycles. The van der Waals surface area contributed by atoms with Crippen LogP contribution < -0.4 is 0 Å². The average molecular weight is 332 g/mol. The Morgan fingerprint density at radius 2 is 2.21 bits per heavy atom. The maximum absolute atomic E-state index is 13.7. The van der Waals surface area contributed by atoms with Crippen LogP contribution in [-0.2, 0) is 9.53 Å². The number of rotatable bonds is 2. The molecule has 1 heterocycles. The molecule has 5 nitrogen and oxygen atoms in total. The maximum Gasteiger partial charge on any atom is 0.328 e. The Labute approximate surface area is 117 Å². The Balaban J connectivity index is 2.28. The van der Waals surface area contributed by atoms with Crippen LogP contribution in [0.25, 0.3) is 0 Å². The van der Waals surface area contributed by atoms with Crippen molar-refractivity contribution in [1.82, 2.24) is 4.90 Å². The summed E-state index contributed by atoms with van der Waals surface area (Å²) in [5, 5.41) is 9.04. The molecule has 1 amide bonds. The first-order valence-electron chi connectivity index (χ1n) is 5.57. The number of halogens is 2. The molecule has 19 heavy (non-hydrogen) atoms. The van der Waals surface area contributed by atoms with Gasteiger partial charge in [0, 0.05) is 11.0 Å². The monoisotopic (exact) mass is 331 g/mol. The third kappa shape index (κ3) is 2.93. The minimum absolute atomic E-state index is 0.0841. The van der Waals surface area contributed by atoms with E-state index in [2.05, 4.69) is 15.9 Å². The van der Waals surface area contributed by atoms with Crippen LogP contribution >= 0.6 is 15.9 Å². The fraction of sp³-hybridized carbons (Fsp3) is 0.333. The highest BCUT2D eigenvalue weighted by Crippen LogP contribution is 2.19. The minimum atomic E-state index is -1.16. The third-order valence-electron chi connectivity index (χ3n) is 2.84. The lowest BCUT2D eigenvalue weighted by Crippen LogP contribution is -2.52. The van der Waals surface area contributed by atoms with Crippen molar-refractivity contribution >= 4 is 27.8 Å². The van der Waals surface area contributed by atoms with Gasteiger partial charge in [0.1, 0.15) is 5.82 Å². The van der Waals surface area contributed by atoms with Crippen LogP contribution in [0.5, 0.6) is 0 Å². The second-order valence-corrected chi connectivity index (χ2v) is 4.97. The quantitative estimate of drug-likeness (QED) is 0.892. The van der Waals surface area contributed by atoms with Crippen molar-refractivity contribution in [2.45, 2.75) is 6.04 Å². The Morgan fingerprint density at radius 3 is 2.84 bits per heavy atom. The molecule has 1 aromatic rings. The lowest BCUT2D eigenvalue weighted by Gasteiger charge is -2.32. The van der Waals surface area contributed by atoms with E-state index in [-0.39, 0.29) is 25.3 Å². The number of carbonyl (C=O) groups excluding carboxylic acids is 1. The predicted octanol–water partition coefficient (Wildman–Crippen LogP) is 1.51. The Kier molecular flexibility index (Phi) is 4.16. The van der Waals surface area contributed by atoms with Gasteiger partial charge in [-0.1, -0.05) is 15.9 Å². The highest BCUT2D eigenvalue weighted by atomic mass is 79.9. The standard InChI is InChI=1S/C12H11BrFNO4/c13-7-1-2-8(9(14)5-7)11(16)15-3-4-19-6-10(15)12(17)18/h1-2,5,10H,3-4,6H2,(H,17,18). The molecule has 1 unspecified atom stereocenters. The van der Waals surface area contributed by atoms with Crippen LogP contribution in [0.4, 0.5) is 4.39 Å². The van der Waals surface area contributed by atoms with Crippen molar-refractivity contribution in [3.8, 4) is 0 Å². The summed E-state index contributed by atoms with van der Waals surface area (Å²) < 4.78 is 19.3. The number of carbonyl (C=O) groups is 2. The predicted molar refractivity (Wildman–Crippen MR) is 67.4 cm³/mol. The molecule has 0 spiro atoms. The van der Waals surface area contributed by atoms with Crippen LogP contribution in [0.15, 0.2) is 22.7 Å². The number of carboxylic acids is 1. The van der Waals surface area contributed by atoms with Gasteiger partial charge in [0.05, 0.1) is 18.8 Å². The van der Waals surface area contributed by atoms with Gasteiger partial charge in [-0.3, -0.25) is 4.79 Å². The van der Waals surface area contributed by atoms with E-state index in [4.69, 9.17) is 9.84 Å².